The van der Waals surface area contributed by atoms with E-state index in [-0.39, 0.29) is 24.8 Å². The summed E-state index contributed by atoms with van der Waals surface area (Å²) < 4.78 is 10.5. The SMILES string of the molecule is CC(N1CCOCC1=O)N1C[C@H](C/N=C/c2ccccc2)OC1=O. The Kier molecular flexibility index (Phi) is 5.10. The van der Waals surface area contributed by atoms with Crippen LogP contribution in [0.2, 0.25) is 0 Å². The molecule has 2 atom stereocenters. The maximum Gasteiger partial charge on any atom is 0.411 e. The van der Waals surface area contributed by atoms with E-state index in [4.69, 9.17) is 9.47 Å². The zero-order chi connectivity index (χ0) is 16.9. The molecule has 3 rings (SSSR count). The number of nitrogens with zero attached hydrogens (tertiary/aromatic N) is 3. The number of carbonyl (C=O) groups excluding carboxylic acids is 2. The first-order chi connectivity index (χ1) is 11.6. The van der Waals surface area contributed by atoms with E-state index in [9.17, 15) is 9.59 Å². The molecule has 7 heteroatoms. The van der Waals surface area contributed by atoms with Crippen LogP contribution in [0.1, 0.15) is 12.5 Å². The zero-order valence-corrected chi connectivity index (χ0v) is 13.6. The molecule has 24 heavy (non-hydrogen) atoms. The van der Waals surface area contributed by atoms with Gasteiger partial charge in [-0.25, -0.2) is 4.79 Å². The van der Waals surface area contributed by atoms with E-state index in [1.54, 1.807) is 16.0 Å². The third-order valence-corrected chi connectivity index (χ3v) is 4.18. The smallest absolute Gasteiger partial charge is 0.411 e. The summed E-state index contributed by atoms with van der Waals surface area (Å²) in [6.45, 7) is 3.71. The second-order valence-corrected chi connectivity index (χ2v) is 5.83. The second kappa shape index (κ2) is 7.44. The average molecular weight is 331 g/mol. The van der Waals surface area contributed by atoms with Gasteiger partial charge < -0.3 is 14.4 Å². The van der Waals surface area contributed by atoms with Gasteiger partial charge >= 0.3 is 6.09 Å². The number of rotatable bonds is 5. The summed E-state index contributed by atoms with van der Waals surface area (Å²) in [5.41, 5.74) is 1.01. The van der Waals surface area contributed by atoms with Gasteiger partial charge in [0.15, 0.2) is 0 Å². The quantitative estimate of drug-likeness (QED) is 0.758. The first-order valence-electron chi connectivity index (χ1n) is 8.04. The normalized spacial score (nSPS) is 23.0. The zero-order valence-electron chi connectivity index (χ0n) is 13.6. The lowest BCUT2D eigenvalue weighted by molar-refractivity contribution is -0.148. The van der Waals surface area contributed by atoms with Crippen molar-refractivity contribution in [2.75, 3.05) is 32.8 Å². The van der Waals surface area contributed by atoms with Gasteiger partial charge in [-0.1, -0.05) is 30.3 Å². The number of hydrogen-bond acceptors (Lipinski definition) is 5. The van der Waals surface area contributed by atoms with Gasteiger partial charge in [0.05, 0.1) is 19.7 Å². The lowest BCUT2D eigenvalue weighted by Gasteiger charge is -2.36. The minimum absolute atomic E-state index is 0.0675. The average Bonchev–Trinajstić information content (AvgIpc) is 2.96. The minimum atomic E-state index is -0.401. The molecule has 2 saturated heterocycles. The Morgan fingerprint density at radius 2 is 2.08 bits per heavy atom. The Morgan fingerprint density at radius 1 is 1.29 bits per heavy atom. The first-order valence-corrected chi connectivity index (χ1v) is 8.04. The van der Waals surface area contributed by atoms with E-state index < -0.39 is 6.09 Å². The molecule has 1 aromatic carbocycles. The van der Waals surface area contributed by atoms with Gasteiger partial charge in [0, 0.05) is 12.8 Å². The number of morpholine rings is 1. The van der Waals surface area contributed by atoms with Gasteiger partial charge in [0.1, 0.15) is 18.9 Å². The van der Waals surface area contributed by atoms with Gasteiger partial charge in [-0.05, 0) is 12.5 Å². The molecule has 7 nitrogen and oxygen atoms in total. The summed E-state index contributed by atoms with van der Waals surface area (Å²) in [6, 6.07) is 9.76. The van der Waals surface area contributed by atoms with Gasteiger partial charge in [-0.15, -0.1) is 0 Å². The Morgan fingerprint density at radius 3 is 2.83 bits per heavy atom. The molecule has 0 saturated carbocycles. The topological polar surface area (TPSA) is 71.4 Å². The van der Waals surface area contributed by atoms with Crippen LogP contribution < -0.4 is 0 Å². The third-order valence-electron chi connectivity index (χ3n) is 4.18. The standard InChI is InChI=1S/C17H21N3O4/c1-13(19-7-8-23-12-16(19)21)20-11-15(24-17(20)22)10-18-9-14-5-3-2-4-6-14/h2-6,9,13,15H,7-8,10-12H2,1H3/b18-9+/t13?,15-/m0/s1. The Hall–Kier alpha value is -2.41. The van der Waals surface area contributed by atoms with E-state index in [1.165, 1.54) is 0 Å². The van der Waals surface area contributed by atoms with Crippen molar-refractivity contribution in [2.24, 2.45) is 4.99 Å². The van der Waals surface area contributed by atoms with Crippen LogP contribution in [0, 0.1) is 0 Å². The second-order valence-electron chi connectivity index (χ2n) is 5.83. The lowest BCUT2D eigenvalue weighted by Crippen LogP contribution is -2.54. The van der Waals surface area contributed by atoms with Crippen LogP contribution in [0.25, 0.3) is 0 Å². The fourth-order valence-corrected chi connectivity index (χ4v) is 2.85. The van der Waals surface area contributed by atoms with Crippen LogP contribution in [0.3, 0.4) is 0 Å². The monoisotopic (exact) mass is 331 g/mol. The molecule has 1 aromatic rings. The highest BCUT2D eigenvalue weighted by molar-refractivity contribution is 5.80. The molecular weight excluding hydrogens is 310 g/mol. The molecule has 0 N–H and O–H groups in total. The van der Waals surface area contributed by atoms with Crippen molar-refractivity contribution in [3.8, 4) is 0 Å². The largest absolute Gasteiger partial charge is 0.442 e. The molecule has 1 unspecified atom stereocenters. The molecule has 0 aromatic heterocycles. The van der Waals surface area contributed by atoms with Gasteiger partial charge in [-0.3, -0.25) is 14.7 Å². The number of ether oxygens (including phenoxy) is 2. The fourth-order valence-electron chi connectivity index (χ4n) is 2.85. The van der Waals surface area contributed by atoms with E-state index >= 15 is 0 Å². The summed E-state index contributed by atoms with van der Waals surface area (Å²) in [6.07, 6.45) is 0.737. The maximum absolute atomic E-state index is 12.1. The van der Waals surface area contributed by atoms with Crippen LogP contribution in [0.4, 0.5) is 4.79 Å². The van der Waals surface area contributed by atoms with Crippen molar-refractivity contribution in [3.05, 3.63) is 35.9 Å². The van der Waals surface area contributed by atoms with Gasteiger partial charge in [0.2, 0.25) is 5.91 Å². The molecule has 0 bridgehead atoms. The summed E-state index contributed by atoms with van der Waals surface area (Å²) in [5, 5.41) is 0. The first kappa shape index (κ1) is 16.4. The number of hydrogen-bond donors (Lipinski definition) is 0. The van der Waals surface area contributed by atoms with E-state index in [1.807, 2.05) is 37.3 Å². The molecule has 2 amide bonds. The van der Waals surface area contributed by atoms with Crippen LogP contribution in [-0.4, -0.2) is 73.1 Å². The third kappa shape index (κ3) is 3.73. The van der Waals surface area contributed by atoms with Crippen molar-refractivity contribution in [1.82, 2.24) is 9.80 Å². The molecule has 128 valence electrons. The van der Waals surface area contributed by atoms with Crippen LogP contribution in [-0.2, 0) is 14.3 Å². The molecule has 2 heterocycles. The summed E-state index contributed by atoms with van der Waals surface area (Å²) in [7, 11) is 0. The minimum Gasteiger partial charge on any atom is -0.442 e. The number of benzene rings is 1. The van der Waals surface area contributed by atoms with Crippen LogP contribution >= 0.6 is 0 Å². The van der Waals surface area contributed by atoms with Crippen LogP contribution in [0.15, 0.2) is 35.3 Å². The van der Waals surface area contributed by atoms with E-state index in [2.05, 4.69) is 4.99 Å². The van der Waals surface area contributed by atoms with Crippen molar-refractivity contribution < 1.29 is 19.1 Å². The summed E-state index contributed by atoms with van der Waals surface area (Å²) in [4.78, 5) is 31.6. The van der Waals surface area contributed by atoms with Crippen LogP contribution in [0.5, 0.6) is 0 Å². The molecule has 2 aliphatic heterocycles. The van der Waals surface area contributed by atoms with Crippen molar-refractivity contribution >= 4 is 18.2 Å². The van der Waals surface area contributed by atoms with Gasteiger partial charge in [0.25, 0.3) is 0 Å². The van der Waals surface area contributed by atoms with E-state index in [0.29, 0.717) is 26.2 Å². The van der Waals surface area contributed by atoms with Crippen molar-refractivity contribution in [2.45, 2.75) is 19.2 Å². The number of amides is 2. The maximum atomic E-state index is 12.1. The fraction of sp³-hybridized carbons (Fsp3) is 0.471. The Balaban J connectivity index is 1.55. The lowest BCUT2D eigenvalue weighted by atomic mass is 10.2. The molecular formula is C17H21N3O4. The molecule has 0 aliphatic carbocycles. The number of carbonyl (C=O) groups is 2. The Bertz CT molecular complexity index is 620. The van der Waals surface area contributed by atoms with Crippen molar-refractivity contribution in [1.29, 1.82) is 0 Å². The highest BCUT2D eigenvalue weighted by Gasteiger charge is 2.38. The predicted molar refractivity (Wildman–Crippen MR) is 87.9 cm³/mol. The number of cyclic esters (lactones) is 1. The number of aliphatic imine (C=N–C) groups is 1. The Labute approximate surface area is 140 Å². The van der Waals surface area contributed by atoms with E-state index in [0.717, 1.165) is 5.56 Å². The molecule has 0 radical (unpaired) electrons. The molecule has 2 aliphatic rings. The van der Waals surface area contributed by atoms with Crippen molar-refractivity contribution in [3.63, 3.8) is 0 Å². The predicted octanol–water partition coefficient (Wildman–Crippen LogP) is 1.13. The highest BCUT2D eigenvalue weighted by Crippen LogP contribution is 2.18. The summed E-state index contributed by atoms with van der Waals surface area (Å²) >= 11 is 0. The summed E-state index contributed by atoms with van der Waals surface area (Å²) in [5.74, 6) is -0.105. The highest BCUT2D eigenvalue weighted by atomic mass is 16.6. The molecule has 2 fully saturated rings. The molecule has 0 spiro atoms. The van der Waals surface area contributed by atoms with Gasteiger partial charge in [-0.2, -0.15) is 0 Å².